The lowest BCUT2D eigenvalue weighted by Crippen LogP contribution is -2.33. The minimum Gasteiger partial charge on any atom is -0.493 e. The van der Waals surface area contributed by atoms with Crippen molar-refractivity contribution in [2.24, 2.45) is 0 Å². The van der Waals surface area contributed by atoms with E-state index in [-0.39, 0.29) is 29.5 Å². The molecule has 0 fully saturated rings. The van der Waals surface area contributed by atoms with E-state index in [9.17, 15) is 14.9 Å². The summed E-state index contributed by atoms with van der Waals surface area (Å²) in [6.07, 6.45) is -1.18. The van der Waals surface area contributed by atoms with Crippen LogP contribution >= 0.6 is 0 Å². The van der Waals surface area contributed by atoms with E-state index in [1.807, 2.05) is 0 Å². The Hall–Kier alpha value is -2.55. The summed E-state index contributed by atoms with van der Waals surface area (Å²) in [5, 5.41) is 13.8. The third kappa shape index (κ3) is 3.98. The summed E-state index contributed by atoms with van der Waals surface area (Å²) >= 11 is 0. The highest BCUT2D eigenvalue weighted by Crippen LogP contribution is 2.37. The molecule has 1 rings (SSSR count). The van der Waals surface area contributed by atoms with Crippen LogP contribution in [0.2, 0.25) is 0 Å². The summed E-state index contributed by atoms with van der Waals surface area (Å²) in [4.78, 5) is 22.3. The first-order valence-corrected chi connectivity index (χ1v) is 6.34. The van der Waals surface area contributed by atoms with E-state index in [0.29, 0.717) is 0 Å². The Morgan fingerprint density at radius 3 is 2.32 bits per heavy atom. The molecule has 0 heterocycles. The predicted octanol–water partition coefficient (Wildman–Crippen LogP) is 1.56. The van der Waals surface area contributed by atoms with Crippen LogP contribution in [0.4, 0.5) is 11.4 Å². The standard InChI is InChI=1S/C13H18N2O7/c1-5-22-13(16)12(21-4)14-8-6-10(19-2)11(20-3)7-9(8)15(17)18/h6-7,12,14H,5H2,1-4H3. The first kappa shape index (κ1) is 17.5. The molecule has 1 aromatic carbocycles. The number of rotatable bonds is 8. The Morgan fingerprint density at radius 2 is 1.86 bits per heavy atom. The average Bonchev–Trinajstić information content (AvgIpc) is 2.51. The molecular weight excluding hydrogens is 296 g/mol. The van der Waals surface area contributed by atoms with Gasteiger partial charge in [0.15, 0.2) is 11.5 Å². The number of hydrogen-bond donors (Lipinski definition) is 1. The van der Waals surface area contributed by atoms with Crippen molar-refractivity contribution < 1.29 is 28.7 Å². The van der Waals surface area contributed by atoms with E-state index in [4.69, 9.17) is 18.9 Å². The van der Waals surface area contributed by atoms with Crippen LogP contribution in [0, 0.1) is 10.1 Å². The highest BCUT2D eigenvalue weighted by atomic mass is 16.6. The van der Waals surface area contributed by atoms with Gasteiger partial charge >= 0.3 is 5.97 Å². The summed E-state index contributed by atoms with van der Waals surface area (Å²) in [6.45, 7) is 1.80. The van der Waals surface area contributed by atoms with Crippen molar-refractivity contribution in [1.29, 1.82) is 0 Å². The van der Waals surface area contributed by atoms with Gasteiger partial charge in [0.1, 0.15) is 5.69 Å². The summed E-state index contributed by atoms with van der Waals surface area (Å²) in [7, 11) is 4.04. The van der Waals surface area contributed by atoms with Gasteiger partial charge in [0.05, 0.1) is 31.8 Å². The average molecular weight is 314 g/mol. The lowest BCUT2D eigenvalue weighted by atomic mass is 10.2. The van der Waals surface area contributed by atoms with Gasteiger partial charge in [-0.25, -0.2) is 4.79 Å². The number of nitrogens with one attached hydrogen (secondary N) is 1. The zero-order valence-electron chi connectivity index (χ0n) is 12.7. The molecule has 0 radical (unpaired) electrons. The molecule has 0 amide bonds. The zero-order chi connectivity index (χ0) is 16.7. The molecule has 9 nitrogen and oxygen atoms in total. The fourth-order valence-corrected chi connectivity index (χ4v) is 1.71. The van der Waals surface area contributed by atoms with Gasteiger partial charge in [-0.15, -0.1) is 0 Å². The second-order valence-electron chi connectivity index (χ2n) is 3.99. The SMILES string of the molecule is CCOC(=O)C(Nc1cc(OC)c(OC)cc1[N+](=O)[O-])OC. The maximum atomic E-state index is 11.7. The van der Waals surface area contributed by atoms with Gasteiger partial charge < -0.3 is 24.3 Å². The molecule has 0 aliphatic carbocycles. The van der Waals surface area contributed by atoms with Crippen molar-refractivity contribution in [2.75, 3.05) is 33.3 Å². The van der Waals surface area contributed by atoms with Crippen molar-refractivity contribution in [3.05, 3.63) is 22.2 Å². The van der Waals surface area contributed by atoms with Crippen molar-refractivity contribution in [3.63, 3.8) is 0 Å². The van der Waals surface area contributed by atoms with E-state index in [0.717, 1.165) is 0 Å². The lowest BCUT2D eigenvalue weighted by Gasteiger charge is -2.17. The van der Waals surface area contributed by atoms with Crippen LogP contribution in [0.5, 0.6) is 11.5 Å². The van der Waals surface area contributed by atoms with Crippen LogP contribution in [-0.2, 0) is 14.3 Å². The number of nitro benzene ring substituents is 1. The number of methoxy groups -OCH3 is 3. The van der Waals surface area contributed by atoms with Gasteiger partial charge in [0.2, 0.25) is 6.23 Å². The Kier molecular flexibility index (Phi) is 6.39. The molecule has 1 atom stereocenters. The first-order chi connectivity index (χ1) is 10.5. The molecule has 0 bridgehead atoms. The molecule has 0 spiro atoms. The van der Waals surface area contributed by atoms with Gasteiger partial charge in [-0.2, -0.15) is 0 Å². The highest BCUT2D eigenvalue weighted by molar-refractivity contribution is 5.80. The minimum absolute atomic E-state index is 0.0440. The van der Waals surface area contributed by atoms with E-state index in [2.05, 4.69) is 5.32 Å². The third-order valence-electron chi connectivity index (χ3n) is 2.72. The number of benzene rings is 1. The fraction of sp³-hybridized carbons (Fsp3) is 0.462. The number of anilines is 1. The topological polar surface area (TPSA) is 109 Å². The number of nitro groups is 1. The lowest BCUT2D eigenvalue weighted by molar-refractivity contribution is -0.384. The first-order valence-electron chi connectivity index (χ1n) is 6.34. The monoisotopic (exact) mass is 314 g/mol. The van der Waals surface area contributed by atoms with Gasteiger partial charge in [0, 0.05) is 13.2 Å². The molecule has 0 aromatic heterocycles. The maximum absolute atomic E-state index is 11.7. The number of hydrogen-bond acceptors (Lipinski definition) is 8. The third-order valence-corrected chi connectivity index (χ3v) is 2.72. The molecule has 1 aromatic rings. The van der Waals surface area contributed by atoms with Crippen molar-refractivity contribution in [2.45, 2.75) is 13.2 Å². The maximum Gasteiger partial charge on any atom is 0.356 e. The minimum atomic E-state index is -1.18. The highest BCUT2D eigenvalue weighted by Gasteiger charge is 2.25. The molecule has 0 saturated heterocycles. The van der Waals surface area contributed by atoms with Crippen molar-refractivity contribution in [3.8, 4) is 11.5 Å². The van der Waals surface area contributed by atoms with Crippen molar-refractivity contribution in [1.82, 2.24) is 0 Å². The van der Waals surface area contributed by atoms with Gasteiger partial charge in [-0.3, -0.25) is 10.1 Å². The van der Waals surface area contributed by atoms with E-state index in [1.165, 1.54) is 33.5 Å². The molecule has 0 aliphatic heterocycles. The molecule has 0 aliphatic rings. The van der Waals surface area contributed by atoms with Crippen molar-refractivity contribution >= 4 is 17.3 Å². The molecule has 122 valence electrons. The second kappa shape index (κ2) is 8.03. The predicted molar refractivity (Wildman–Crippen MR) is 77.3 cm³/mol. The smallest absolute Gasteiger partial charge is 0.356 e. The number of carbonyl (C=O) groups excluding carboxylic acids is 1. The molecule has 9 heteroatoms. The number of ether oxygens (including phenoxy) is 4. The summed E-state index contributed by atoms with van der Waals surface area (Å²) in [5.41, 5.74) is -0.244. The normalized spacial score (nSPS) is 11.5. The Bertz CT molecular complexity index is 547. The number of nitrogens with zero attached hydrogens (tertiary/aromatic N) is 1. The van der Waals surface area contributed by atoms with Gasteiger partial charge in [-0.05, 0) is 6.92 Å². The van der Waals surface area contributed by atoms with E-state index in [1.54, 1.807) is 6.92 Å². The van der Waals surface area contributed by atoms with E-state index < -0.39 is 17.1 Å². The molecule has 22 heavy (non-hydrogen) atoms. The van der Waals surface area contributed by atoms with Crippen LogP contribution in [0.1, 0.15) is 6.92 Å². The molecular formula is C13H18N2O7. The Morgan fingerprint density at radius 1 is 1.27 bits per heavy atom. The quantitative estimate of drug-likeness (QED) is 0.333. The molecule has 1 unspecified atom stereocenters. The van der Waals surface area contributed by atoms with Crippen LogP contribution in [0.3, 0.4) is 0 Å². The fourth-order valence-electron chi connectivity index (χ4n) is 1.71. The summed E-state index contributed by atoms with van der Waals surface area (Å²) in [6, 6.07) is 2.54. The largest absolute Gasteiger partial charge is 0.493 e. The van der Waals surface area contributed by atoms with Gasteiger partial charge in [-0.1, -0.05) is 0 Å². The Balaban J connectivity index is 3.20. The number of carbonyl (C=O) groups is 1. The molecule has 0 saturated carbocycles. The van der Waals surface area contributed by atoms with Crippen LogP contribution < -0.4 is 14.8 Å². The number of esters is 1. The van der Waals surface area contributed by atoms with Crippen LogP contribution in [0.15, 0.2) is 12.1 Å². The zero-order valence-corrected chi connectivity index (χ0v) is 12.7. The Labute approximate surface area is 127 Å². The second-order valence-corrected chi connectivity index (χ2v) is 3.99. The van der Waals surface area contributed by atoms with Gasteiger partial charge in [0.25, 0.3) is 5.69 Å². The van der Waals surface area contributed by atoms with E-state index >= 15 is 0 Å². The van der Waals surface area contributed by atoms with Crippen LogP contribution in [-0.4, -0.2) is 45.1 Å². The molecule has 1 N–H and O–H groups in total. The summed E-state index contributed by atoms with van der Waals surface area (Å²) < 4.78 is 19.9. The summed E-state index contributed by atoms with van der Waals surface area (Å²) in [5.74, 6) is -0.215. The van der Waals surface area contributed by atoms with Crippen LogP contribution in [0.25, 0.3) is 0 Å².